The van der Waals surface area contributed by atoms with E-state index in [-0.39, 0.29) is 23.0 Å². The molecule has 1 fully saturated rings. The number of rotatable bonds is 8. The highest BCUT2D eigenvalue weighted by molar-refractivity contribution is 6.03. The number of fused-ring (bicyclic) bond motifs is 1. The van der Waals surface area contributed by atoms with Gasteiger partial charge in [-0.1, -0.05) is 48.5 Å². The number of halogens is 3. The summed E-state index contributed by atoms with van der Waals surface area (Å²) < 4.78 is 47.5. The molecule has 6 rings (SSSR count). The second-order valence-electron chi connectivity index (χ2n) is 10.8. The van der Waals surface area contributed by atoms with E-state index in [0.29, 0.717) is 17.8 Å². The zero-order valence-corrected chi connectivity index (χ0v) is 24.0. The predicted octanol–water partition coefficient (Wildman–Crippen LogP) is 7.36. The molecule has 1 saturated carbocycles. The number of aromatic nitrogens is 2. The number of anilines is 1. The quantitative estimate of drug-likeness (QED) is 0.203. The van der Waals surface area contributed by atoms with Crippen LogP contribution in [0.4, 0.5) is 18.9 Å². The normalized spacial score (nSPS) is 13.9. The third-order valence-corrected chi connectivity index (χ3v) is 7.87. The van der Waals surface area contributed by atoms with Crippen molar-refractivity contribution in [3.63, 3.8) is 0 Å². The standard InChI is InChI=1S/C34H28F3N5O2/c1-41(24-13-14-24)32(28-15-16-30(44-2)27-12-4-3-11-26(27)28)22-8-6-9-23(18-22)39-33(43)29-19-31(34(35,36)37)40-42(29)25-10-5-7-21(17-25)20-38/h3-12,15-19,24,32H,13-14H2,1-2H3,(H,39,43). The Morgan fingerprint density at radius 1 is 1.02 bits per heavy atom. The summed E-state index contributed by atoms with van der Waals surface area (Å²) in [6.45, 7) is 0. The maximum atomic E-state index is 13.7. The average Bonchev–Trinajstić information content (AvgIpc) is 3.78. The molecule has 1 amide bonds. The first-order valence-electron chi connectivity index (χ1n) is 14.0. The molecule has 1 aliphatic rings. The molecule has 0 bridgehead atoms. The van der Waals surface area contributed by atoms with Crippen molar-refractivity contribution >= 4 is 22.4 Å². The van der Waals surface area contributed by atoms with Crippen LogP contribution in [-0.2, 0) is 6.18 Å². The molecule has 7 nitrogen and oxygen atoms in total. The molecule has 44 heavy (non-hydrogen) atoms. The molecule has 1 unspecified atom stereocenters. The minimum Gasteiger partial charge on any atom is -0.496 e. The summed E-state index contributed by atoms with van der Waals surface area (Å²) in [4.78, 5) is 15.8. The Labute approximate surface area is 252 Å². The summed E-state index contributed by atoms with van der Waals surface area (Å²) in [6.07, 6.45) is -2.61. The fourth-order valence-corrected chi connectivity index (χ4v) is 5.60. The average molecular weight is 596 g/mol. The van der Waals surface area contributed by atoms with Gasteiger partial charge in [-0.3, -0.25) is 9.69 Å². The van der Waals surface area contributed by atoms with E-state index in [2.05, 4.69) is 34.5 Å². The van der Waals surface area contributed by atoms with Gasteiger partial charge in [-0.25, -0.2) is 4.68 Å². The second kappa shape index (κ2) is 11.5. The van der Waals surface area contributed by atoms with E-state index in [0.717, 1.165) is 45.2 Å². The number of amides is 1. The molecule has 1 aliphatic carbocycles. The van der Waals surface area contributed by atoms with E-state index in [1.165, 1.54) is 24.3 Å². The van der Waals surface area contributed by atoms with E-state index < -0.39 is 17.8 Å². The zero-order chi connectivity index (χ0) is 31.0. The van der Waals surface area contributed by atoms with E-state index in [4.69, 9.17) is 4.74 Å². The summed E-state index contributed by atoms with van der Waals surface area (Å²) in [5, 5.41) is 17.8. The molecule has 1 heterocycles. The molecule has 1 atom stereocenters. The number of nitrogens with one attached hydrogen (secondary N) is 1. The fourth-order valence-electron chi connectivity index (χ4n) is 5.60. The van der Waals surface area contributed by atoms with Gasteiger partial charge in [-0.05, 0) is 72.8 Å². The smallest absolute Gasteiger partial charge is 0.435 e. The SMILES string of the molecule is COc1ccc(C(c2cccc(NC(=O)c3cc(C(F)(F)F)nn3-c3cccc(C#N)c3)c2)N(C)C2CC2)c2ccccc12. The summed E-state index contributed by atoms with van der Waals surface area (Å²) in [7, 11) is 3.73. The number of nitriles is 1. The van der Waals surface area contributed by atoms with Crippen LogP contribution >= 0.6 is 0 Å². The molecule has 1 N–H and O–H groups in total. The van der Waals surface area contributed by atoms with Crippen molar-refractivity contribution in [3.05, 3.63) is 119 Å². The number of carbonyl (C=O) groups is 1. The topological polar surface area (TPSA) is 83.2 Å². The molecular weight excluding hydrogens is 567 g/mol. The van der Waals surface area contributed by atoms with Gasteiger partial charge in [0.1, 0.15) is 11.4 Å². The summed E-state index contributed by atoms with van der Waals surface area (Å²) >= 11 is 0. The molecule has 0 aliphatic heterocycles. The number of nitrogens with zero attached hydrogens (tertiary/aromatic N) is 4. The maximum Gasteiger partial charge on any atom is 0.435 e. The number of hydrogen-bond donors (Lipinski definition) is 1. The van der Waals surface area contributed by atoms with Gasteiger partial charge in [0.15, 0.2) is 5.69 Å². The van der Waals surface area contributed by atoms with E-state index >= 15 is 0 Å². The highest BCUT2D eigenvalue weighted by atomic mass is 19.4. The lowest BCUT2D eigenvalue weighted by Crippen LogP contribution is -2.28. The number of ether oxygens (including phenoxy) is 1. The van der Waals surface area contributed by atoms with Gasteiger partial charge in [-0.15, -0.1) is 0 Å². The lowest BCUT2D eigenvalue weighted by molar-refractivity contribution is -0.141. The first-order chi connectivity index (χ1) is 21.2. The van der Waals surface area contributed by atoms with Crippen LogP contribution in [0.15, 0.2) is 91.0 Å². The Morgan fingerprint density at radius 3 is 2.48 bits per heavy atom. The third kappa shape index (κ3) is 5.62. The summed E-state index contributed by atoms with van der Waals surface area (Å²) in [5.74, 6) is 0.00263. The van der Waals surface area contributed by atoms with E-state index in [9.17, 15) is 23.2 Å². The van der Waals surface area contributed by atoms with Crippen LogP contribution in [-0.4, -0.2) is 40.8 Å². The molecule has 0 saturated heterocycles. The largest absolute Gasteiger partial charge is 0.496 e. The first kappa shape index (κ1) is 29.0. The third-order valence-electron chi connectivity index (χ3n) is 7.87. The van der Waals surface area contributed by atoms with Crippen molar-refractivity contribution in [2.45, 2.75) is 31.1 Å². The van der Waals surface area contributed by atoms with Gasteiger partial charge in [0.25, 0.3) is 5.91 Å². The van der Waals surface area contributed by atoms with Crippen molar-refractivity contribution in [3.8, 4) is 17.5 Å². The van der Waals surface area contributed by atoms with Crippen LogP contribution in [0.5, 0.6) is 5.75 Å². The minimum absolute atomic E-state index is 0.161. The molecule has 4 aromatic carbocycles. The first-order valence-corrected chi connectivity index (χ1v) is 14.0. The van der Waals surface area contributed by atoms with Crippen molar-refractivity contribution in [1.82, 2.24) is 14.7 Å². The van der Waals surface area contributed by atoms with Crippen molar-refractivity contribution in [2.24, 2.45) is 0 Å². The molecule has 0 spiro atoms. The Kier molecular flexibility index (Phi) is 7.57. The predicted molar refractivity (Wildman–Crippen MR) is 161 cm³/mol. The number of carbonyl (C=O) groups excluding carboxylic acids is 1. The molecular formula is C34H28F3N5O2. The van der Waals surface area contributed by atoms with Gasteiger partial charge >= 0.3 is 6.18 Å². The fraction of sp³-hybridized carbons (Fsp3) is 0.206. The molecule has 222 valence electrons. The monoisotopic (exact) mass is 595 g/mol. The van der Waals surface area contributed by atoms with Gasteiger partial charge in [0.05, 0.1) is 30.5 Å². The lowest BCUT2D eigenvalue weighted by atomic mass is 9.92. The highest BCUT2D eigenvalue weighted by Crippen LogP contribution is 2.41. The highest BCUT2D eigenvalue weighted by Gasteiger charge is 2.37. The van der Waals surface area contributed by atoms with Gasteiger partial charge < -0.3 is 10.1 Å². The number of hydrogen-bond acceptors (Lipinski definition) is 5. The Morgan fingerprint density at radius 2 is 1.77 bits per heavy atom. The minimum atomic E-state index is -4.77. The van der Waals surface area contributed by atoms with Crippen LogP contribution in [0, 0.1) is 11.3 Å². The Bertz CT molecular complexity index is 1910. The molecule has 10 heteroatoms. The van der Waals surface area contributed by atoms with Crippen molar-refractivity contribution in [1.29, 1.82) is 5.26 Å². The molecule has 1 aromatic heterocycles. The number of methoxy groups -OCH3 is 1. The summed E-state index contributed by atoms with van der Waals surface area (Å²) in [5.41, 5.74) is 1.27. The summed E-state index contributed by atoms with van der Waals surface area (Å²) in [6, 6.07) is 28.2. The van der Waals surface area contributed by atoms with Crippen molar-refractivity contribution < 1.29 is 22.7 Å². The van der Waals surface area contributed by atoms with E-state index in [1.807, 2.05) is 48.5 Å². The number of benzene rings is 4. The maximum absolute atomic E-state index is 13.7. The van der Waals surface area contributed by atoms with Gasteiger partial charge in [0, 0.05) is 23.2 Å². The van der Waals surface area contributed by atoms with Crippen LogP contribution in [0.25, 0.3) is 16.5 Å². The van der Waals surface area contributed by atoms with Crippen LogP contribution in [0.2, 0.25) is 0 Å². The second-order valence-corrected chi connectivity index (χ2v) is 10.8. The van der Waals surface area contributed by atoms with Gasteiger partial charge in [-0.2, -0.15) is 23.5 Å². The molecule has 0 radical (unpaired) electrons. The van der Waals surface area contributed by atoms with E-state index in [1.54, 1.807) is 13.2 Å². The van der Waals surface area contributed by atoms with Crippen LogP contribution in [0.1, 0.15) is 51.8 Å². The van der Waals surface area contributed by atoms with Gasteiger partial charge in [0.2, 0.25) is 0 Å². The Hall–Kier alpha value is -5.14. The van der Waals surface area contributed by atoms with Crippen LogP contribution < -0.4 is 10.1 Å². The van der Waals surface area contributed by atoms with Crippen molar-refractivity contribution in [2.75, 3.05) is 19.5 Å². The zero-order valence-electron chi connectivity index (χ0n) is 24.0. The lowest BCUT2D eigenvalue weighted by Gasteiger charge is -2.30. The number of alkyl halides is 3. The molecule has 5 aromatic rings. The Balaban J connectivity index is 1.38. The van der Waals surface area contributed by atoms with Crippen LogP contribution in [0.3, 0.4) is 0 Å².